The van der Waals surface area contributed by atoms with Gasteiger partial charge in [0.15, 0.2) is 6.10 Å². The van der Waals surface area contributed by atoms with Crippen molar-refractivity contribution in [2.24, 2.45) is 0 Å². The third-order valence-electron chi connectivity index (χ3n) is 6.09. The van der Waals surface area contributed by atoms with Crippen LogP contribution >= 0.6 is 11.3 Å². The van der Waals surface area contributed by atoms with Gasteiger partial charge in [-0.25, -0.2) is 9.78 Å². The van der Waals surface area contributed by atoms with Crippen molar-refractivity contribution in [2.45, 2.75) is 84.3 Å². The number of carboxylic acid groups (broad SMARTS) is 1. The van der Waals surface area contributed by atoms with Gasteiger partial charge in [-0.1, -0.05) is 11.6 Å². The van der Waals surface area contributed by atoms with E-state index >= 15 is 0 Å². The smallest absolute Gasteiger partial charge is 0.337 e. The van der Waals surface area contributed by atoms with Crippen molar-refractivity contribution in [2.75, 3.05) is 0 Å². The fourth-order valence-electron chi connectivity index (χ4n) is 4.81. The molecule has 0 radical (unpaired) electrons. The molecule has 0 bridgehead atoms. The van der Waals surface area contributed by atoms with Crippen molar-refractivity contribution < 1.29 is 19.7 Å². The maximum Gasteiger partial charge on any atom is 0.337 e. The molecule has 0 saturated heterocycles. The van der Waals surface area contributed by atoms with Crippen LogP contribution in [0.1, 0.15) is 86.2 Å². The monoisotopic (exact) mass is 441 g/mol. The van der Waals surface area contributed by atoms with Gasteiger partial charge in [-0.2, -0.15) is 0 Å². The molecule has 31 heavy (non-hydrogen) atoms. The number of hydrogen-bond acceptors (Lipinski definition) is 5. The number of fused-ring (bicyclic) bond motifs is 3. The predicted octanol–water partition coefficient (Wildman–Crippen LogP) is 6.30. The summed E-state index contributed by atoms with van der Waals surface area (Å²) in [5.41, 5.74) is 3.81. The molecule has 2 heterocycles. The average molecular weight is 442 g/mol. The van der Waals surface area contributed by atoms with Crippen molar-refractivity contribution >= 4 is 27.5 Å². The average Bonchev–Trinajstić information content (AvgIpc) is 3.02. The Morgan fingerprint density at radius 3 is 2.61 bits per heavy atom. The summed E-state index contributed by atoms with van der Waals surface area (Å²) < 4.78 is 6.07. The number of pyridine rings is 1. The summed E-state index contributed by atoms with van der Waals surface area (Å²) in [6.45, 7) is 9.42. The number of aliphatic hydroxyl groups is 1. The van der Waals surface area contributed by atoms with E-state index in [1.54, 1.807) is 17.4 Å². The number of hydrogen-bond donors (Lipinski definition) is 2. The lowest BCUT2D eigenvalue weighted by Gasteiger charge is -2.30. The maximum absolute atomic E-state index is 12.4. The van der Waals surface area contributed by atoms with Gasteiger partial charge in [0.1, 0.15) is 10.6 Å². The molecule has 0 aromatic carbocycles. The van der Waals surface area contributed by atoms with E-state index in [0.717, 1.165) is 40.6 Å². The summed E-state index contributed by atoms with van der Waals surface area (Å²) in [5.74, 6) is -1.05. The number of aliphatic hydroxyl groups excluding tert-OH is 1. The molecule has 0 aliphatic heterocycles. The SMILES string of the molecule is CC1=CC[C@@H](c2c([C@H](OC(C)(C)C)C(=O)O)c(C)nc3sc4c(c23)CCCC4)C(O)=C1. The molecule has 0 fully saturated rings. The van der Waals surface area contributed by atoms with E-state index in [9.17, 15) is 15.0 Å². The number of thiophene rings is 1. The van der Waals surface area contributed by atoms with E-state index < -0.39 is 17.7 Å². The second-order valence-corrected chi connectivity index (χ2v) is 10.8. The minimum Gasteiger partial charge on any atom is -0.512 e. The van der Waals surface area contributed by atoms with Gasteiger partial charge in [0.05, 0.1) is 5.60 Å². The lowest BCUT2D eigenvalue weighted by Crippen LogP contribution is -2.29. The standard InChI is InChI=1S/C25H31NO4S/c1-13-10-11-15(17(27)12-13)20-19(22(24(28)29)30-25(3,4)5)14(2)26-23-21(20)16-8-6-7-9-18(16)31-23/h10,12,15,22,27H,6-9,11H2,1-5H3,(H,28,29)/t15-,22+/m1/s1. The Balaban J connectivity index is 2.04. The summed E-state index contributed by atoms with van der Waals surface area (Å²) in [6.07, 6.45) is 7.68. The topological polar surface area (TPSA) is 79.7 Å². The van der Waals surface area contributed by atoms with E-state index in [0.29, 0.717) is 17.7 Å². The van der Waals surface area contributed by atoms with Crippen molar-refractivity contribution in [3.8, 4) is 0 Å². The number of aryl methyl sites for hydroxylation is 3. The Hall–Kier alpha value is -2.18. The van der Waals surface area contributed by atoms with Gasteiger partial charge in [-0.3, -0.25) is 0 Å². The van der Waals surface area contributed by atoms with Gasteiger partial charge in [0, 0.05) is 27.4 Å². The second kappa shape index (κ2) is 8.06. The van der Waals surface area contributed by atoms with Crippen LogP contribution in [0, 0.1) is 6.92 Å². The summed E-state index contributed by atoms with van der Waals surface area (Å²) in [4.78, 5) is 19.6. The number of carboxylic acids is 1. The largest absolute Gasteiger partial charge is 0.512 e. The Labute approximate surface area is 187 Å². The van der Waals surface area contributed by atoms with Gasteiger partial charge < -0.3 is 14.9 Å². The molecule has 6 heteroatoms. The summed E-state index contributed by atoms with van der Waals surface area (Å²) in [7, 11) is 0. The number of ether oxygens (including phenoxy) is 1. The Morgan fingerprint density at radius 1 is 1.26 bits per heavy atom. The lowest BCUT2D eigenvalue weighted by molar-refractivity contribution is -0.160. The van der Waals surface area contributed by atoms with Gasteiger partial charge >= 0.3 is 5.97 Å². The molecule has 2 N–H and O–H groups in total. The number of aromatic nitrogens is 1. The number of carbonyl (C=O) groups is 1. The first-order valence-electron chi connectivity index (χ1n) is 11.0. The van der Waals surface area contributed by atoms with Crippen LogP contribution in [0.3, 0.4) is 0 Å². The quantitative estimate of drug-likeness (QED) is 0.582. The number of nitrogens with zero attached hydrogens (tertiary/aromatic N) is 1. The normalized spacial score (nSPS) is 20.2. The number of allylic oxidation sites excluding steroid dienone is 4. The van der Waals surface area contributed by atoms with Crippen LogP contribution in [0.5, 0.6) is 0 Å². The van der Waals surface area contributed by atoms with Crippen molar-refractivity contribution in [1.29, 1.82) is 0 Å². The minimum absolute atomic E-state index is 0.281. The molecule has 2 aromatic heterocycles. The van der Waals surface area contributed by atoms with E-state index in [4.69, 9.17) is 9.72 Å². The zero-order valence-electron chi connectivity index (χ0n) is 18.9. The zero-order chi connectivity index (χ0) is 22.5. The summed E-state index contributed by atoms with van der Waals surface area (Å²) in [5, 5.41) is 22.2. The van der Waals surface area contributed by atoms with Gasteiger partial charge in [-0.15, -0.1) is 11.3 Å². The first-order chi connectivity index (χ1) is 14.6. The molecule has 0 amide bonds. The van der Waals surface area contributed by atoms with Crippen molar-refractivity contribution in [1.82, 2.24) is 4.98 Å². The highest BCUT2D eigenvalue weighted by Crippen LogP contribution is 2.47. The molecule has 2 aliphatic carbocycles. The van der Waals surface area contributed by atoms with Crippen LogP contribution in [0.25, 0.3) is 10.2 Å². The first-order valence-corrected chi connectivity index (χ1v) is 11.8. The molecule has 166 valence electrons. The minimum atomic E-state index is -1.15. The fraction of sp³-hybridized carbons (Fsp3) is 0.520. The van der Waals surface area contributed by atoms with Crippen LogP contribution in [0.2, 0.25) is 0 Å². The third-order valence-corrected chi connectivity index (χ3v) is 7.27. The molecule has 2 aromatic rings. The molecule has 0 saturated carbocycles. The second-order valence-electron chi connectivity index (χ2n) is 9.67. The molecule has 2 aliphatic rings. The Bertz CT molecular complexity index is 1100. The van der Waals surface area contributed by atoms with Crippen molar-refractivity contribution in [3.05, 3.63) is 50.7 Å². The van der Waals surface area contributed by atoms with E-state index in [1.807, 2.05) is 34.6 Å². The zero-order valence-corrected chi connectivity index (χ0v) is 19.7. The summed E-state index contributed by atoms with van der Waals surface area (Å²) >= 11 is 1.72. The molecule has 5 nitrogen and oxygen atoms in total. The molecule has 4 rings (SSSR count). The molecular formula is C25H31NO4S. The van der Waals surface area contributed by atoms with E-state index in [2.05, 4.69) is 6.08 Å². The van der Waals surface area contributed by atoms with Gasteiger partial charge in [0.2, 0.25) is 0 Å². The number of rotatable bonds is 4. The highest BCUT2D eigenvalue weighted by molar-refractivity contribution is 7.18. The first kappa shape index (κ1) is 22.0. The lowest BCUT2D eigenvalue weighted by atomic mass is 9.80. The van der Waals surface area contributed by atoms with Gasteiger partial charge in [0.25, 0.3) is 0 Å². The van der Waals surface area contributed by atoms with Crippen LogP contribution in [0.4, 0.5) is 0 Å². The maximum atomic E-state index is 12.4. The van der Waals surface area contributed by atoms with Crippen LogP contribution < -0.4 is 0 Å². The molecule has 0 unspecified atom stereocenters. The molecular weight excluding hydrogens is 410 g/mol. The van der Waals surface area contributed by atoms with Crippen LogP contribution in [0.15, 0.2) is 23.5 Å². The third kappa shape index (κ3) is 4.15. The Kier molecular flexibility index (Phi) is 5.73. The fourth-order valence-corrected chi connectivity index (χ4v) is 6.14. The van der Waals surface area contributed by atoms with E-state index in [1.165, 1.54) is 16.9 Å². The molecule has 2 atom stereocenters. The van der Waals surface area contributed by atoms with E-state index in [-0.39, 0.29) is 11.7 Å². The summed E-state index contributed by atoms with van der Waals surface area (Å²) in [6, 6.07) is 0. The van der Waals surface area contributed by atoms with Crippen LogP contribution in [-0.4, -0.2) is 26.8 Å². The highest BCUT2D eigenvalue weighted by Gasteiger charge is 2.36. The predicted molar refractivity (Wildman–Crippen MR) is 124 cm³/mol. The molecule has 0 spiro atoms. The van der Waals surface area contributed by atoms with Crippen molar-refractivity contribution in [3.63, 3.8) is 0 Å². The van der Waals surface area contributed by atoms with Gasteiger partial charge in [-0.05, 0) is 83.9 Å². The number of aliphatic carboxylic acids is 1. The highest BCUT2D eigenvalue weighted by atomic mass is 32.1. The Morgan fingerprint density at radius 2 is 1.97 bits per heavy atom. The van der Waals surface area contributed by atoms with Crippen LogP contribution in [-0.2, 0) is 22.4 Å².